The summed E-state index contributed by atoms with van der Waals surface area (Å²) in [7, 11) is 0. The Balaban J connectivity index is 1.68. The quantitative estimate of drug-likeness (QED) is 0.504. The van der Waals surface area contributed by atoms with Crippen LogP contribution in [0.15, 0.2) is 42.5 Å². The Hall–Kier alpha value is -2.57. The number of amides is 1. The molecule has 2 aromatic carbocycles. The zero-order chi connectivity index (χ0) is 18.3. The van der Waals surface area contributed by atoms with Gasteiger partial charge in [0.15, 0.2) is 5.13 Å². The number of nitrogens with one attached hydrogen (secondary N) is 1. The highest BCUT2D eigenvalue weighted by Gasteiger charge is 2.20. The summed E-state index contributed by atoms with van der Waals surface area (Å²) in [6.07, 6.45) is 0. The third-order valence-electron chi connectivity index (χ3n) is 4.04. The highest BCUT2D eigenvalue weighted by molar-refractivity contribution is 7.22. The number of hydrogen-bond donors (Lipinski definition) is 1. The summed E-state index contributed by atoms with van der Waals surface area (Å²) < 4.78 is 1.08. The summed E-state index contributed by atoms with van der Waals surface area (Å²) in [5.41, 5.74) is 4.70. The first kappa shape index (κ1) is 16.9. The van der Waals surface area contributed by atoms with Gasteiger partial charge in [-0.3, -0.25) is 10.1 Å². The van der Waals surface area contributed by atoms with E-state index in [-0.39, 0.29) is 5.91 Å². The molecule has 0 aliphatic rings. The van der Waals surface area contributed by atoms with Crippen LogP contribution in [0.4, 0.5) is 5.13 Å². The van der Waals surface area contributed by atoms with E-state index in [9.17, 15) is 4.79 Å². The lowest BCUT2D eigenvalue weighted by Gasteiger charge is -2.02. The van der Waals surface area contributed by atoms with Gasteiger partial charge >= 0.3 is 0 Å². The number of benzene rings is 2. The molecule has 6 heteroatoms. The van der Waals surface area contributed by atoms with Crippen LogP contribution in [0.1, 0.15) is 26.6 Å². The minimum Gasteiger partial charge on any atom is -0.296 e. The third-order valence-corrected chi connectivity index (χ3v) is 5.97. The molecule has 4 aromatic rings. The lowest BCUT2D eigenvalue weighted by molar-refractivity contribution is 0.102. The molecule has 2 heterocycles. The Morgan fingerprint density at radius 3 is 2.54 bits per heavy atom. The van der Waals surface area contributed by atoms with E-state index in [2.05, 4.69) is 34.3 Å². The number of fused-ring (bicyclic) bond motifs is 1. The summed E-state index contributed by atoms with van der Waals surface area (Å²) in [6.45, 7) is 6.02. The van der Waals surface area contributed by atoms with E-state index in [0.717, 1.165) is 31.2 Å². The van der Waals surface area contributed by atoms with Crippen LogP contribution in [-0.4, -0.2) is 15.9 Å². The van der Waals surface area contributed by atoms with Crippen LogP contribution in [0.3, 0.4) is 0 Å². The predicted octanol–water partition coefficient (Wildman–Crippen LogP) is 5.60. The maximum absolute atomic E-state index is 12.8. The summed E-state index contributed by atoms with van der Waals surface area (Å²) in [4.78, 5) is 22.8. The molecule has 0 aliphatic heterocycles. The number of aromatic nitrogens is 2. The van der Waals surface area contributed by atoms with Crippen molar-refractivity contribution >= 4 is 43.9 Å². The van der Waals surface area contributed by atoms with Gasteiger partial charge in [0.1, 0.15) is 5.69 Å². The molecule has 0 fully saturated rings. The van der Waals surface area contributed by atoms with Gasteiger partial charge in [0.25, 0.3) is 5.91 Å². The zero-order valence-electron chi connectivity index (χ0n) is 14.7. The van der Waals surface area contributed by atoms with Crippen molar-refractivity contribution in [1.82, 2.24) is 9.97 Å². The van der Waals surface area contributed by atoms with Gasteiger partial charge in [-0.05, 0) is 43.5 Å². The Labute approximate surface area is 159 Å². The molecule has 0 radical (unpaired) electrons. The van der Waals surface area contributed by atoms with Gasteiger partial charge in [-0.15, -0.1) is 11.3 Å². The van der Waals surface area contributed by atoms with Gasteiger partial charge < -0.3 is 0 Å². The predicted molar refractivity (Wildman–Crippen MR) is 109 cm³/mol. The van der Waals surface area contributed by atoms with Crippen LogP contribution < -0.4 is 5.32 Å². The standard InChI is InChI=1S/C20H17N3OS2/c1-11-9-12(2)16-15(10-11)26-20(22-16)23-19(24)17-18(25-13(3)21-17)14-7-5-4-6-8-14/h4-10H,1-3H3,(H,22,23,24). The Morgan fingerprint density at radius 1 is 1.00 bits per heavy atom. The molecule has 26 heavy (non-hydrogen) atoms. The van der Waals surface area contributed by atoms with Crippen molar-refractivity contribution in [1.29, 1.82) is 0 Å². The van der Waals surface area contributed by atoms with E-state index in [4.69, 9.17) is 0 Å². The topological polar surface area (TPSA) is 54.9 Å². The van der Waals surface area contributed by atoms with E-state index >= 15 is 0 Å². The first-order valence-electron chi connectivity index (χ1n) is 8.23. The molecule has 0 bridgehead atoms. The number of hydrogen-bond acceptors (Lipinski definition) is 5. The van der Waals surface area contributed by atoms with Crippen LogP contribution in [0.5, 0.6) is 0 Å². The first-order valence-corrected chi connectivity index (χ1v) is 9.86. The van der Waals surface area contributed by atoms with Crippen molar-refractivity contribution in [2.45, 2.75) is 20.8 Å². The van der Waals surface area contributed by atoms with Gasteiger partial charge in [0.2, 0.25) is 0 Å². The summed E-state index contributed by atoms with van der Waals surface area (Å²) in [5, 5.41) is 4.40. The van der Waals surface area contributed by atoms with Crippen LogP contribution in [0.25, 0.3) is 20.7 Å². The number of anilines is 1. The van der Waals surface area contributed by atoms with Gasteiger partial charge in [-0.2, -0.15) is 0 Å². The van der Waals surface area contributed by atoms with E-state index in [1.54, 1.807) is 0 Å². The number of nitrogens with zero attached hydrogens (tertiary/aromatic N) is 2. The molecule has 0 spiro atoms. The average molecular weight is 380 g/mol. The molecule has 1 amide bonds. The molecule has 1 N–H and O–H groups in total. The number of aryl methyl sites for hydroxylation is 3. The van der Waals surface area contributed by atoms with E-state index < -0.39 is 0 Å². The molecule has 0 atom stereocenters. The second-order valence-electron chi connectivity index (χ2n) is 6.18. The lowest BCUT2D eigenvalue weighted by Crippen LogP contribution is -2.13. The zero-order valence-corrected chi connectivity index (χ0v) is 16.3. The van der Waals surface area contributed by atoms with Gasteiger partial charge in [-0.25, -0.2) is 9.97 Å². The van der Waals surface area contributed by atoms with Crippen molar-refractivity contribution in [3.63, 3.8) is 0 Å². The van der Waals surface area contributed by atoms with Crippen molar-refractivity contribution in [3.05, 3.63) is 64.3 Å². The number of thiazole rings is 2. The average Bonchev–Trinajstić information content (AvgIpc) is 3.19. The van der Waals surface area contributed by atoms with Crippen molar-refractivity contribution in [2.24, 2.45) is 0 Å². The maximum Gasteiger partial charge on any atom is 0.277 e. The van der Waals surface area contributed by atoms with Gasteiger partial charge in [0.05, 0.1) is 20.1 Å². The van der Waals surface area contributed by atoms with E-state index in [1.807, 2.05) is 44.2 Å². The summed E-state index contributed by atoms with van der Waals surface area (Å²) in [6, 6.07) is 14.1. The SMILES string of the molecule is Cc1cc(C)c2nc(NC(=O)c3nc(C)sc3-c3ccccc3)sc2c1. The molecule has 0 saturated carbocycles. The Morgan fingerprint density at radius 2 is 1.77 bits per heavy atom. The minimum atomic E-state index is -0.221. The molecule has 4 rings (SSSR count). The highest BCUT2D eigenvalue weighted by Crippen LogP contribution is 2.32. The molecule has 0 saturated heterocycles. The summed E-state index contributed by atoms with van der Waals surface area (Å²) >= 11 is 3.02. The largest absolute Gasteiger partial charge is 0.296 e. The monoisotopic (exact) mass is 379 g/mol. The minimum absolute atomic E-state index is 0.221. The summed E-state index contributed by atoms with van der Waals surface area (Å²) in [5.74, 6) is -0.221. The van der Waals surface area contributed by atoms with Crippen LogP contribution in [-0.2, 0) is 0 Å². The maximum atomic E-state index is 12.8. The second kappa shape index (κ2) is 6.63. The fourth-order valence-corrected chi connectivity index (χ4v) is 4.90. The van der Waals surface area contributed by atoms with Crippen molar-refractivity contribution in [3.8, 4) is 10.4 Å². The van der Waals surface area contributed by atoms with Crippen LogP contribution in [0, 0.1) is 20.8 Å². The molecule has 4 nitrogen and oxygen atoms in total. The molecule has 0 unspecified atom stereocenters. The van der Waals surface area contributed by atoms with Crippen molar-refractivity contribution in [2.75, 3.05) is 5.32 Å². The lowest BCUT2D eigenvalue weighted by atomic mass is 10.1. The Bertz CT molecular complexity index is 1110. The van der Waals surface area contributed by atoms with Crippen LogP contribution in [0.2, 0.25) is 0 Å². The molecular weight excluding hydrogens is 362 g/mol. The Kier molecular flexibility index (Phi) is 4.30. The van der Waals surface area contributed by atoms with E-state index in [1.165, 1.54) is 28.2 Å². The fraction of sp³-hybridized carbons (Fsp3) is 0.150. The highest BCUT2D eigenvalue weighted by atomic mass is 32.1. The number of rotatable bonds is 3. The number of carbonyl (C=O) groups excluding carboxylic acids is 1. The van der Waals surface area contributed by atoms with E-state index in [0.29, 0.717) is 10.8 Å². The molecule has 2 aromatic heterocycles. The van der Waals surface area contributed by atoms with Gasteiger partial charge in [-0.1, -0.05) is 47.7 Å². The molecule has 0 aliphatic carbocycles. The second-order valence-corrected chi connectivity index (χ2v) is 8.41. The first-order chi connectivity index (χ1) is 12.5. The van der Waals surface area contributed by atoms with Crippen LogP contribution >= 0.6 is 22.7 Å². The number of carbonyl (C=O) groups is 1. The smallest absolute Gasteiger partial charge is 0.277 e. The third kappa shape index (κ3) is 3.13. The normalized spacial score (nSPS) is 11.0. The molecule has 130 valence electrons. The molecular formula is C20H17N3OS2. The van der Waals surface area contributed by atoms with Gasteiger partial charge in [0, 0.05) is 0 Å². The fourth-order valence-electron chi connectivity index (χ4n) is 2.95. The van der Waals surface area contributed by atoms with Crippen molar-refractivity contribution < 1.29 is 4.79 Å².